The number of hydrogen-bond acceptors (Lipinski definition) is 4. The highest BCUT2D eigenvalue weighted by Crippen LogP contribution is 2.30. The lowest BCUT2D eigenvalue weighted by Crippen LogP contribution is -2.52. The SMILES string of the molecule is CC(C)N1CCC(C#Cc2cccc3c2CN(C2CCC(=O)NC2=O)C3=S)CC1. The molecule has 1 aromatic carbocycles. The minimum absolute atomic E-state index is 0.205. The maximum atomic E-state index is 12.3. The molecule has 0 radical (unpaired) electrons. The topological polar surface area (TPSA) is 52.6 Å². The van der Waals surface area contributed by atoms with Crippen molar-refractivity contribution in [1.82, 2.24) is 15.1 Å². The van der Waals surface area contributed by atoms with Crippen molar-refractivity contribution in [2.45, 2.75) is 58.2 Å². The maximum absolute atomic E-state index is 12.3. The molecule has 2 saturated heterocycles. The molecule has 0 saturated carbocycles. The Morgan fingerprint density at radius 2 is 1.93 bits per heavy atom. The van der Waals surface area contributed by atoms with Gasteiger partial charge in [0.15, 0.2) is 0 Å². The number of carbonyl (C=O) groups is 2. The summed E-state index contributed by atoms with van der Waals surface area (Å²) >= 11 is 5.67. The Balaban J connectivity index is 1.50. The molecule has 1 aromatic rings. The molecule has 0 spiro atoms. The van der Waals surface area contributed by atoms with E-state index < -0.39 is 0 Å². The maximum Gasteiger partial charge on any atom is 0.249 e. The lowest BCUT2D eigenvalue weighted by Gasteiger charge is -2.32. The van der Waals surface area contributed by atoms with Gasteiger partial charge >= 0.3 is 0 Å². The van der Waals surface area contributed by atoms with Crippen LogP contribution in [0.2, 0.25) is 0 Å². The number of benzene rings is 1. The van der Waals surface area contributed by atoms with Crippen molar-refractivity contribution in [1.29, 1.82) is 0 Å². The summed E-state index contributed by atoms with van der Waals surface area (Å²) in [4.78, 5) is 28.9. The van der Waals surface area contributed by atoms with Gasteiger partial charge in [-0.05, 0) is 57.8 Å². The zero-order valence-electron chi connectivity index (χ0n) is 17.0. The molecule has 5 nitrogen and oxygen atoms in total. The number of nitrogens with one attached hydrogen (secondary N) is 1. The fraction of sp³-hybridized carbons (Fsp3) is 0.522. The quantitative estimate of drug-likeness (QED) is 0.462. The highest BCUT2D eigenvalue weighted by molar-refractivity contribution is 7.80. The largest absolute Gasteiger partial charge is 0.346 e. The van der Waals surface area contributed by atoms with Gasteiger partial charge in [-0.1, -0.05) is 36.2 Å². The molecule has 152 valence electrons. The minimum atomic E-state index is -0.381. The molecule has 2 amide bonds. The number of piperidine rings is 2. The lowest BCUT2D eigenvalue weighted by atomic mass is 9.95. The van der Waals surface area contributed by atoms with Crippen molar-refractivity contribution in [2.24, 2.45) is 5.92 Å². The van der Waals surface area contributed by atoms with Crippen LogP contribution in [0.25, 0.3) is 0 Å². The first-order valence-corrected chi connectivity index (χ1v) is 10.9. The van der Waals surface area contributed by atoms with Crippen LogP contribution in [-0.2, 0) is 16.1 Å². The Hall–Kier alpha value is -2.23. The molecule has 29 heavy (non-hydrogen) atoms. The first kappa shape index (κ1) is 20.1. The molecule has 0 bridgehead atoms. The smallest absolute Gasteiger partial charge is 0.249 e. The van der Waals surface area contributed by atoms with Crippen molar-refractivity contribution < 1.29 is 9.59 Å². The highest BCUT2D eigenvalue weighted by atomic mass is 32.1. The van der Waals surface area contributed by atoms with Crippen LogP contribution >= 0.6 is 12.2 Å². The Morgan fingerprint density at radius 1 is 1.17 bits per heavy atom. The number of rotatable bonds is 2. The average molecular weight is 410 g/mol. The van der Waals surface area contributed by atoms with Gasteiger partial charge in [0.2, 0.25) is 11.8 Å². The molecule has 2 fully saturated rings. The fourth-order valence-corrected chi connectivity index (χ4v) is 4.83. The third-order valence-electron chi connectivity index (χ3n) is 6.25. The molecule has 3 aliphatic rings. The van der Waals surface area contributed by atoms with Crippen LogP contribution in [0.15, 0.2) is 18.2 Å². The van der Waals surface area contributed by atoms with Gasteiger partial charge in [-0.3, -0.25) is 14.9 Å². The van der Waals surface area contributed by atoms with Gasteiger partial charge in [0.25, 0.3) is 0 Å². The lowest BCUT2D eigenvalue weighted by molar-refractivity contribution is -0.136. The van der Waals surface area contributed by atoms with Gasteiger partial charge in [0, 0.05) is 36.1 Å². The molecule has 4 rings (SSSR count). The van der Waals surface area contributed by atoms with Crippen LogP contribution < -0.4 is 5.32 Å². The Kier molecular flexibility index (Phi) is 5.71. The van der Waals surface area contributed by atoms with Crippen molar-refractivity contribution in [3.63, 3.8) is 0 Å². The van der Waals surface area contributed by atoms with E-state index >= 15 is 0 Å². The number of nitrogens with zero attached hydrogens (tertiary/aromatic N) is 2. The number of amides is 2. The summed E-state index contributed by atoms with van der Waals surface area (Å²) in [5, 5.41) is 2.44. The van der Waals surface area contributed by atoms with Crippen molar-refractivity contribution >= 4 is 29.0 Å². The number of likely N-dealkylation sites (tertiary alicyclic amines) is 1. The normalized spacial score (nSPS) is 23.1. The second-order valence-electron chi connectivity index (χ2n) is 8.40. The zero-order chi connectivity index (χ0) is 20.5. The van der Waals surface area contributed by atoms with Crippen LogP contribution in [0, 0.1) is 17.8 Å². The number of fused-ring (bicyclic) bond motifs is 1. The molecule has 3 heterocycles. The van der Waals surface area contributed by atoms with Crippen LogP contribution in [-0.4, -0.2) is 51.8 Å². The number of imide groups is 1. The summed E-state index contributed by atoms with van der Waals surface area (Å²) in [7, 11) is 0. The second kappa shape index (κ2) is 8.25. The molecule has 1 unspecified atom stereocenters. The van der Waals surface area contributed by atoms with Gasteiger partial charge in [-0.25, -0.2) is 0 Å². The van der Waals surface area contributed by atoms with E-state index in [4.69, 9.17) is 12.2 Å². The van der Waals surface area contributed by atoms with Crippen LogP contribution in [0.4, 0.5) is 0 Å². The molecular weight excluding hydrogens is 382 g/mol. The van der Waals surface area contributed by atoms with Crippen LogP contribution in [0.1, 0.15) is 56.2 Å². The Labute approximate surface area is 177 Å². The van der Waals surface area contributed by atoms with Gasteiger partial charge in [-0.2, -0.15) is 0 Å². The van der Waals surface area contributed by atoms with Gasteiger partial charge < -0.3 is 9.80 Å². The van der Waals surface area contributed by atoms with E-state index in [2.05, 4.69) is 35.9 Å². The molecule has 6 heteroatoms. The van der Waals surface area contributed by atoms with Crippen molar-refractivity contribution in [3.8, 4) is 11.8 Å². The average Bonchev–Trinajstić information content (AvgIpc) is 3.04. The summed E-state index contributed by atoms with van der Waals surface area (Å²) in [5.74, 6) is 6.88. The van der Waals surface area contributed by atoms with E-state index in [0.29, 0.717) is 36.3 Å². The Bertz CT molecular complexity index is 906. The molecule has 0 aromatic heterocycles. The molecule has 3 aliphatic heterocycles. The monoisotopic (exact) mass is 409 g/mol. The van der Waals surface area contributed by atoms with E-state index in [9.17, 15) is 9.59 Å². The Morgan fingerprint density at radius 3 is 2.62 bits per heavy atom. The minimum Gasteiger partial charge on any atom is -0.346 e. The summed E-state index contributed by atoms with van der Waals surface area (Å²) in [6, 6.07) is 6.26. The highest BCUT2D eigenvalue weighted by Gasteiger charge is 2.37. The molecule has 0 aliphatic carbocycles. The predicted molar refractivity (Wildman–Crippen MR) is 116 cm³/mol. The van der Waals surface area contributed by atoms with Gasteiger partial charge in [0.05, 0.1) is 0 Å². The van der Waals surface area contributed by atoms with Gasteiger partial charge in [-0.15, -0.1) is 0 Å². The third-order valence-corrected chi connectivity index (χ3v) is 6.71. The van der Waals surface area contributed by atoms with E-state index in [1.165, 1.54) is 0 Å². The van der Waals surface area contributed by atoms with E-state index in [0.717, 1.165) is 42.6 Å². The van der Waals surface area contributed by atoms with Crippen LogP contribution in [0.3, 0.4) is 0 Å². The number of carbonyl (C=O) groups excluding carboxylic acids is 2. The second-order valence-corrected chi connectivity index (χ2v) is 8.79. The first-order chi connectivity index (χ1) is 13.9. The third kappa shape index (κ3) is 4.08. The molecular formula is C23H27N3O2S. The summed E-state index contributed by atoms with van der Waals surface area (Å²) < 4.78 is 0. The molecule has 1 N–H and O–H groups in total. The first-order valence-electron chi connectivity index (χ1n) is 10.5. The van der Waals surface area contributed by atoms with Crippen molar-refractivity contribution in [3.05, 3.63) is 34.9 Å². The van der Waals surface area contributed by atoms with Crippen LogP contribution in [0.5, 0.6) is 0 Å². The number of thiocarbonyl (C=S) groups is 1. The number of hydrogen-bond donors (Lipinski definition) is 1. The summed E-state index contributed by atoms with van der Waals surface area (Å²) in [5.41, 5.74) is 3.10. The standard InChI is InChI=1S/C23H27N3O2S/c1-15(2)25-12-10-16(11-13-25)6-7-17-4-3-5-18-19(17)14-26(23(18)29)20-8-9-21(27)24-22(20)28/h3-5,15-16,20H,8-14H2,1-2H3,(H,24,27,28). The summed E-state index contributed by atoms with van der Waals surface area (Å²) in [6.07, 6.45) is 3.09. The fourth-order valence-electron chi connectivity index (χ4n) is 4.44. The van der Waals surface area contributed by atoms with E-state index in [-0.39, 0.29) is 17.9 Å². The van der Waals surface area contributed by atoms with Gasteiger partial charge in [0.1, 0.15) is 11.0 Å². The zero-order valence-corrected chi connectivity index (χ0v) is 17.8. The van der Waals surface area contributed by atoms with Crippen molar-refractivity contribution in [2.75, 3.05) is 13.1 Å². The van der Waals surface area contributed by atoms with E-state index in [1.807, 2.05) is 23.1 Å². The van der Waals surface area contributed by atoms with E-state index in [1.54, 1.807) is 0 Å². The summed E-state index contributed by atoms with van der Waals surface area (Å²) in [6.45, 7) is 7.29. The predicted octanol–water partition coefficient (Wildman–Crippen LogP) is 2.45. The molecule has 1 atom stereocenters.